The van der Waals surface area contributed by atoms with Crippen molar-refractivity contribution in [2.75, 3.05) is 13.1 Å². The topological polar surface area (TPSA) is 66.4 Å². The molecule has 2 aromatic rings. The second-order valence-corrected chi connectivity index (χ2v) is 8.06. The maximum atomic E-state index is 13.4. The van der Waals surface area contributed by atoms with Crippen LogP contribution in [0.5, 0.6) is 0 Å². The van der Waals surface area contributed by atoms with Crippen LogP contribution < -0.4 is 0 Å². The summed E-state index contributed by atoms with van der Waals surface area (Å²) in [5.41, 5.74) is 0.633. The summed E-state index contributed by atoms with van der Waals surface area (Å²) < 4.78 is 0. The summed E-state index contributed by atoms with van der Waals surface area (Å²) in [4.78, 5) is 38.8. The van der Waals surface area contributed by atoms with Gasteiger partial charge in [-0.2, -0.15) is 0 Å². The zero-order chi connectivity index (χ0) is 18.1. The third-order valence-corrected chi connectivity index (χ3v) is 6.13. The molecule has 2 saturated heterocycles. The largest absolute Gasteiger partial charge is 0.335 e. The Bertz CT molecular complexity index is 822. The van der Waals surface area contributed by atoms with Gasteiger partial charge in [0.25, 0.3) is 5.91 Å². The lowest BCUT2D eigenvalue weighted by Gasteiger charge is -2.44. The van der Waals surface area contributed by atoms with Crippen LogP contribution in [0.25, 0.3) is 0 Å². The number of nitrogens with zero attached hydrogens (tertiary/aromatic N) is 4. The average molecular weight is 370 g/mol. The molecular formula is C19H22N4O2S. The summed E-state index contributed by atoms with van der Waals surface area (Å²) in [6.07, 6.45) is 4.98. The van der Waals surface area contributed by atoms with Crippen molar-refractivity contribution in [3.8, 4) is 0 Å². The van der Waals surface area contributed by atoms with Crippen LogP contribution in [-0.4, -0.2) is 50.2 Å². The molecule has 0 saturated carbocycles. The second-order valence-electron chi connectivity index (χ2n) is 7.00. The summed E-state index contributed by atoms with van der Waals surface area (Å²) in [6, 6.07) is 5.74. The number of hydrogen-bond acceptors (Lipinski definition) is 5. The van der Waals surface area contributed by atoms with E-state index in [1.165, 1.54) is 11.3 Å². The molecule has 136 valence electrons. The van der Waals surface area contributed by atoms with Crippen molar-refractivity contribution in [1.82, 2.24) is 19.8 Å². The van der Waals surface area contributed by atoms with Crippen LogP contribution in [0.1, 0.15) is 46.9 Å². The van der Waals surface area contributed by atoms with Crippen LogP contribution in [-0.2, 0) is 11.3 Å². The predicted molar refractivity (Wildman–Crippen MR) is 98.7 cm³/mol. The lowest BCUT2D eigenvalue weighted by Crippen LogP contribution is -2.61. The van der Waals surface area contributed by atoms with Gasteiger partial charge in [-0.15, -0.1) is 11.3 Å². The number of hydrogen-bond donors (Lipinski definition) is 0. The van der Waals surface area contributed by atoms with Gasteiger partial charge >= 0.3 is 0 Å². The number of thiazole rings is 1. The number of amides is 2. The minimum Gasteiger partial charge on any atom is -0.335 e. The van der Waals surface area contributed by atoms with Gasteiger partial charge in [-0.1, -0.05) is 6.07 Å². The van der Waals surface area contributed by atoms with Crippen LogP contribution >= 0.6 is 11.3 Å². The number of piperidine rings is 1. The van der Waals surface area contributed by atoms with Crippen molar-refractivity contribution in [3.63, 3.8) is 0 Å². The maximum Gasteiger partial charge on any atom is 0.274 e. The average Bonchev–Trinajstić information content (AvgIpc) is 3.27. The fourth-order valence-corrected chi connectivity index (χ4v) is 4.75. The van der Waals surface area contributed by atoms with Crippen molar-refractivity contribution >= 4 is 23.2 Å². The zero-order valence-corrected chi connectivity index (χ0v) is 15.7. The van der Waals surface area contributed by atoms with E-state index in [-0.39, 0.29) is 11.8 Å². The smallest absolute Gasteiger partial charge is 0.274 e. The van der Waals surface area contributed by atoms with Crippen LogP contribution in [0, 0.1) is 6.92 Å². The molecule has 4 heterocycles. The molecule has 0 aromatic carbocycles. The third-order valence-electron chi connectivity index (χ3n) is 5.35. The minimum absolute atomic E-state index is 0.0622. The molecule has 2 aromatic heterocycles. The molecule has 0 N–H and O–H groups in total. The standard InChI is InChI=1S/C19H22N4O2S/c1-14-21-16(13-26-14)17(24)23-11-5-8-19(23)7-4-10-22(18(19)25)12-15-6-2-3-9-20-15/h2-3,6,9,13H,4-5,7-8,10-12H2,1H3. The van der Waals surface area contributed by atoms with Crippen LogP contribution in [0.15, 0.2) is 29.8 Å². The molecule has 2 fully saturated rings. The van der Waals surface area contributed by atoms with E-state index in [0.29, 0.717) is 18.8 Å². The van der Waals surface area contributed by atoms with Crippen molar-refractivity contribution < 1.29 is 9.59 Å². The Morgan fingerprint density at radius 2 is 2.08 bits per heavy atom. The Hall–Kier alpha value is -2.28. The highest BCUT2D eigenvalue weighted by Gasteiger charge is 2.53. The van der Waals surface area contributed by atoms with Crippen molar-refractivity contribution in [2.45, 2.75) is 44.7 Å². The van der Waals surface area contributed by atoms with E-state index < -0.39 is 5.54 Å². The lowest BCUT2D eigenvalue weighted by atomic mass is 9.85. The fourth-order valence-electron chi connectivity index (χ4n) is 4.16. The number of aromatic nitrogens is 2. The molecular weight excluding hydrogens is 348 g/mol. The number of rotatable bonds is 3. The van der Waals surface area contributed by atoms with Crippen LogP contribution in [0.2, 0.25) is 0 Å². The van der Waals surface area contributed by atoms with Crippen molar-refractivity contribution in [3.05, 3.63) is 46.2 Å². The van der Waals surface area contributed by atoms with Gasteiger partial charge in [0.2, 0.25) is 5.91 Å². The van der Waals surface area contributed by atoms with Crippen LogP contribution in [0.4, 0.5) is 0 Å². The lowest BCUT2D eigenvalue weighted by molar-refractivity contribution is -0.146. The number of likely N-dealkylation sites (tertiary alicyclic amines) is 2. The molecule has 1 unspecified atom stereocenters. The Labute approximate surface area is 156 Å². The quantitative estimate of drug-likeness (QED) is 0.833. The molecule has 4 rings (SSSR count). The summed E-state index contributed by atoms with van der Waals surface area (Å²) >= 11 is 1.47. The minimum atomic E-state index is -0.707. The molecule has 0 bridgehead atoms. The summed E-state index contributed by atoms with van der Waals surface area (Å²) in [7, 11) is 0. The monoisotopic (exact) mass is 370 g/mol. The molecule has 7 heteroatoms. The third kappa shape index (κ3) is 2.90. The highest BCUT2D eigenvalue weighted by molar-refractivity contribution is 7.09. The van der Waals surface area contributed by atoms with E-state index in [9.17, 15) is 9.59 Å². The summed E-state index contributed by atoms with van der Waals surface area (Å²) in [5.74, 6) is -0.0490. The van der Waals surface area contributed by atoms with Gasteiger partial charge in [0, 0.05) is 24.7 Å². The SMILES string of the molecule is Cc1nc(C(=O)N2CCCC23CCCN(Cc2ccccn2)C3=O)cs1. The first-order valence-electron chi connectivity index (χ1n) is 9.03. The second kappa shape index (κ2) is 6.79. The van der Waals surface area contributed by atoms with Gasteiger partial charge in [0.1, 0.15) is 11.2 Å². The maximum absolute atomic E-state index is 13.4. The zero-order valence-electron chi connectivity index (χ0n) is 14.9. The number of pyridine rings is 1. The number of carbonyl (C=O) groups is 2. The Balaban J connectivity index is 1.59. The number of aryl methyl sites for hydroxylation is 1. The molecule has 2 aliphatic heterocycles. The summed E-state index contributed by atoms with van der Waals surface area (Å²) in [5, 5.41) is 2.66. The van der Waals surface area contributed by atoms with Gasteiger partial charge in [-0.05, 0) is 44.7 Å². The molecule has 2 aliphatic rings. The van der Waals surface area contributed by atoms with Gasteiger partial charge in [-0.25, -0.2) is 4.98 Å². The van der Waals surface area contributed by atoms with E-state index in [1.54, 1.807) is 16.5 Å². The van der Waals surface area contributed by atoms with E-state index in [0.717, 1.165) is 42.9 Å². The van der Waals surface area contributed by atoms with E-state index in [4.69, 9.17) is 0 Å². The molecule has 1 atom stereocenters. The first kappa shape index (κ1) is 17.1. The van der Waals surface area contributed by atoms with Crippen LogP contribution in [0.3, 0.4) is 0 Å². The van der Waals surface area contributed by atoms with E-state index in [1.807, 2.05) is 30.0 Å². The highest BCUT2D eigenvalue weighted by atomic mass is 32.1. The van der Waals surface area contributed by atoms with Gasteiger partial charge in [-0.3, -0.25) is 14.6 Å². The highest BCUT2D eigenvalue weighted by Crippen LogP contribution is 2.39. The van der Waals surface area contributed by atoms with Crippen molar-refractivity contribution in [2.24, 2.45) is 0 Å². The fraction of sp³-hybridized carbons (Fsp3) is 0.474. The van der Waals surface area contributed by atoms with Gasteiger partial charge < -0.3 is 9.80 Å². The Morgan fingerprint density at radius 1 is 1.27 bits per heavy atom. The first-order valence-corrected chi connectivity index (χ1v) is 9.91. The Kier molecular flexibility index (Phi) is 4.48. The predicted octanol–water partition coefficient (Wildman–Crippen LogP) is 2.64. The Morgan fingerprint density at radius 3 is 2.77 bits per heavy atom. The molecule has 2 amide bonds. The first-order chi connectivity index (χ1) is 12.6. The summed E-state index contributed by atoms with van der Waals surface area (Å²) in [6.45, 7) is 3.73. The van der Waals surface area contributed by atoms with Gasteiger partial charge in [0.15, 0.2) is 0 Å². The molecule has 0 radical (unpaired) electrons. The van der Waals surface area contributed by atoms with E-state index >= 15 is 0 Å². The normalized spacial score (nSPS) is 23.0. The molecule has 0 aliphatic carbocycles. The number of carbonyl (C=O) groups excluding carboxylic acids is 2. The van der Waals surface area contributed by atoms with Gasteiger partial charge in [0.05, 0.1) is 17.2 Å². The van der Waals surface area contributed by atoms with Crippen molar-refractivity contribution in [1.29, 1.82) is 0 Å². The van der Waals surface area contributed by atoms with E-state index in [2.05, 4.69) is 9.97 Å². The molecule has 6 nitrogen and oxygen atoms in total. The molecule has 1 spiro atoms. The molecule has 26 heavy (non-hydrogen) atoms.